The van der Waals surface area contributed by atoms with E-state index in [4.69, 9.17) is 0 Å². The number of nitrogens with zero attached hydrogens (tertiary/aromatic N) is 3. The number of benzene rings is 2. The Kier molecular flexibility index (Phi) is 6.66. The molecule has 3 N–H and O–H groups in total. The molecule has 7 nitrogen and oxygen atoms in total. The van der Waals surface area contributed by atoms with Crippen LogP contribution in [0.25, 0.3) is 0 Å². The Bertz CT molecular complexity index is 1110. The Morgan fingerprint density at radius 2 is 1.84 bits per heavy atom. The van der Waals surface area contributed by atoms with Gasteiger partial charge in [0.05, 0.1) is 11.3 Å². The molecule has 0 aliphatic carbocycles. The van der Waals surface area contributed by atoms with Crippen LogP contribution in [0.5, 0.6) is 0 Å². The van der Waals surface area contributed by atoms with Crippen molar-refractivity contribution >= 4 is 29.0 Å². The fourth-order valence-corrected chi connectivity index (χ4v) is 3.98. The van der Waals surface area contributed by atoms with Crippen LogP contribution in [0.1, 0.15) is 34.0 Å². The molecule has 0 saturated carbocycles. The summed E-state index contributed by atoms with van der Waals surface area (Å²) in [5.41, 5.74) is 5.94. The lowest BCUT2D eigenvalue weighted by atomic mass is 10.0. The Morgan fingerprint density at radius 3 is 2.62 bits per heavy atom. The second-order valence-electron chi connectivity index (χ2n) is 8.02. The van der Waals surface area contributed by atoms with Gasteiger partial charge in [-0.2, -0.15) is 4.98 Å². The number of amides is 1. The van der Waals surface area contributed by atoms with E-state index in [0.29, 0.717) is 23.0 Å². The second-order valence-corrected chi connectivity index (χ2v) is 8.02. The summed E-state index contributed by atoms with van der Waals surface area (Å²) < 4.78 is 0. The van der Waals surface area contributed by atoms with Crippen molar-refractivity contribution in [2.75, 3.05) is 37.3 Å². The fraction of sp³-hybridized carbons (Fsp3) is 0.320. The van der Waals surface area contributed by atoms with Crippen LogP contribution in [0.2, 0.25) is 0 Å². The van der Waals surface area contributed by atoms with Gasteiger partial charge in [0, 0.05) is 37.6 Å². The molecule has 0 unspecified atom stereocenters. The molecule has 3 aromatic rings. The number of para-hydroxylation sites is 1. The molecular weight excluding hydrogens is 400 g/mol. The smallest absolute Gasteiger partial charge is 0.253 e. The number of hydrogen-bond acceptors (Lipinski definition) is 6. The molecule has 166 valence electrons. The van der Waals surface area contributed by atoms with Gasteiger partial charge in [0.15, 0.2) is 0 Å². The van der Waals surface area contributed by atoms with Crippen molar-refractivity contribution in [2.45, 2.75) is 26.7 Å². The number of anilines is 4. The molecule has 0 fully saturated rings. The minimum absolute atomic E-state index is 0.148. The Morgan fingerprint density at radius 1 is 1.06 bits per heavy atom. The first kappa shape index (κ1) is 21.8. The van der Waals surface area contributed by atoms with Crippen molar-refractivity contribution in [3.05, 3.63) is 70.9 Å². The van der Waals surface area contributed by atoms with Gasteiger partial charge in [0.25, 0.3) is 5.91 Å². The highest BCUT2D eigenvalue weighted by atomic mass is 16.1. The highest BCUT2D eigenvalue weighted by Gasteiger charge is 2.14. The van der Waals surface area contributed by atoms with Gasteiger partial charge >= 0.3 is 0 Å². The second kappa shape index (κ2) is 9.78. The number of fused-ring (bicyclic) bond motifs is 1. The molecule has 1 aliphatic heterocycles. The van der Waals surface area contributed by atoms with Gasteiger partial charge in [-0.1, -0.05) is 25.1 Å². The zero-order valence-electron chi connectivity index (χ0n) is 18.9. The summed E-state index contributed by atoms with van der Waals surface area (Å²) in [6.45, 7) is 7.46. The standard InChI is InChI=1S/C25H30N6O/c1-4-31-13-11-18-9-10-20(15-19(18)12-14-31)28-25-27-16-17(2)23(30-25)29-22-8-6-5-7-21(22)24(32)26-3/h5-10,15-16H,4,11-14H2,1-3H3,(H,26,32)(H2,27,28,29,30). The molecule has 1 aliphatic rings. The van der Waals surface area contributed by atoms with Crippen LogP contribution in [0, 0.1) is 6.92 Å². The monoisotopic (exact) mass is 430 g/mol. The van der Waals surface area contributed by atoms with Crippen molar-refractivity contribution in [2.24, 2.45) is 0 Å². The first-order chi connectivity index (χ1) is 15.6. The maximum Gasteiger partial charge on any atom is 0.253 e. The summed E-state index contributed by atoms with van der Waals surface area (Å²) in [6.07, 6.45) is 3.92. The van der Waals surface area contributed by atoms with Crippen LogP contribution in [0.3, 0.4) is 0 Å². The molecule has 0 bridgehead atoms. The number of rotatable bonds is 6. The van der Waals surface area contributed by atoms with Crippen molar-refractivity contribution in [3.63, 3.8) is 0 Å². The van der Waals surface area contributed by atoms with Crippen molar-refractivity contribution in [1.29, 1.82) is 0 Å². The van der Waals surface area contributed by atoms with Crippen molar-refractivity contribution < 1.29 is 4.79 Å². The highest BCUT2D eigenvalue weighted by Crippen LogP contribution is 2.25. The normalized spacial score (nSPS) is 13.7. The zero-order chi connectivity index (χ0) is 22.5. The molecular formula is C25H30N6O. The quantitative estimate of drug-likeness (QED) is 0.547. The number of nitrogens with one attached hydrogen (secondary N) is 3. The van der Waals surface area contributed by atoms with Crippen LogP contribution in [-0.4, -0.2) is 47.5 Å². The van der Waals surface area contributed by atoms with Gasteiger partial charge in [0.2, 0.25) is 5.95 Å². The van der Waals surface area contributed by atoms with Gasteiger partial charge in [-0.15, -0.1) is 0 Å². The van der Waals surface area contributed by atoms with Gasteiger partial charge in [-0.3, -0.25) is 4.79 Å². The van der Waals surface area contributed by atoms with Crippen LogP contribution in [0.4, 0.5) is 23.1 Å². The predicted octanol–water partition coefficient (Wildman–Crippen LogP) is 4.05. The molecule has 4 rings (SSSR count). The van der Waals surface area contributed by atoms with Gasteiger partial charge in [-0.25, -0.2) is 4.98 Å². The third-order valence-corrected chi connectivity index (χ3v) is 5.93. The van der Waals surface area contributed by atoms with E-state index in [1.807, 2.05) is 25.1 Å². The van der Waals surface area contributed by atoms with Gasteiger partial charge in [0.1, 0.15) is 5.82 Å². The summed E-state index contributed by atoms with van der Waals surface area (Å²) in [5.74, 6) is 1.02. The number of likely N-dealkylation sites (N-methyl/N-ethyl adjacent to an activating group) is 1. The maximum atomic E-state index is 12.2. The summed E-state index contributed by atoms with van der Waals surface area (Å²) >= 11 is 0. The fourth-order valence-electron chi connectivity index (χ4n) is 3.98. The van der Waals surface area contributed by atoms with Crippen LogP contribution in [-0.2, 0) is 12.8 Å². The molecule has 7 heteroatoms. The molecule has 0 atom stereocenters. The number of carbonyl (C=O) groups excluding carboxylic acids is 1. The number of aryl methyl sites for hydroxylation is 1. The van der Waals surface area contributed by atoms with Gasteiger partial charge in [-0.05, 0) is 61.7 Å². The van der Waals surface area contributed by atoms with Gasteiger partial charge < -0.3 is 20.9 Å². The van der Waals surface area contributed by atoms with Crippen LogP contribution < -0.4 is 16.0 Å². The number of aromatic nitrogens is 2. The molecule has 32 heavy (non-hydrogen) atoms. The molecule has 0 spiro atoms. The predicted molar refractivity (Wildman–Crippen MR) is 129 cm³/mol. The van der Waals surface area contributed by atoms with Crippen molar-refractivity contribution in [1.82, 2.24) is 20.2 Å². The lowest BCUT2D eigenvalue weighted by molar-refractivity contribution is 0.0964. The largest absolute Gasteiger partial charge is 0.355 e. The molecule has 2 heterocycles. The van der Waals surface area contributed by atoms with E-state index in [1.165, 1.54) is 11.1 Å². The summed E-state index contributed by atoms with van der Waals surface area (Å²) in [7, 11) is 1.62. The van der Waals surface area contributed by atoms with E-state index in [9.17, 15) is 4.79 Å². The van der Waals surface area contributed by atoms with Crippen LogP contribution in [0.15, 0.2) is 48.7 Å². The first-order valence-electron chi connectivity index (χ1n) is 11.1. The van der Waals surface area contributed by atoms with E-state index in [-0.39, 0.29) is 5.91 Å². The Balaban J connectivity index is 1.55. The summed E-state index contributed by atoms with van der Waals surface area (Å²) in [4.78, 5) is 23.8. The Hall–Kier alpha value is -3.45. The summed E-state index contributed by atoms with van der Waals surface area (Å²) in [6, 6.07) is 13.9. The third kappa shape index (κ3) is 4.89. The lowest BCUT2D eigenvalue weighted by Gasteiger charge is -2.16. The molecule has 0 saturated heterocycles. The summed E-state index contributed by atoms with van der Waals surface area (Å²) in [5, 5.41) is 9.32. The minimum atomic E-state index is -0.148. The molecule has 1 amide bonds. The highest BCUT2D eigenvalue weighted by molar-refractivity contribution is 6.00. The minimum Gasteiger partial charge on any atom is -0.355 e. The maximum absolute atomic E-state index is 12.2. The van der Waals surface area contributed by atoms with E-state index < -0.39 is 0 Å². The molecule has 1 aromatic heterocycles. The topological polar surface area (TPSA) is 82.2 Å². The first-order valence-corrected chi connectivity index (χ1v) is 11.1. The van der Waals surface area contributed by atoms with E-state index in [2.05, 4.69) is 55.9 Å². The van der Waals surface area contributed by atoms with Crippen LogP contribution >= 0.6 is 0 Å². The SMILES string of the molecule is CCN1CCc2ccc(Nc3ncc(C)c(Nc4ccccc4C(=O)NC)n3)cc2CC1. The van der Waals surface area contributed by atoms with E-state index >= 15 is 0 Å². The molecule has 0 radical (unpaired) electrons. The lowest BCUT2D eigenvalue weighted by Crippen LogP contribution is -2.25. The van der Waals surface area contributed by atoms with E-state index in [1.54, 1.807) is 19.3 Å². The average molecular weight is 431 g/mol. The third-order valence-electron chi connectivity index (χ3n) is 5.93. The molecule has 2 aromatic carbocycles. The Labute approximate surface area is 189 Å². The van der Waals surface area contributed by atoms with Crippen molar-refractivity contribution in [3.8, 4) is 0 Å². The average Bonchev–Trinajstić information content (AvgIpc) is 3.03. The van der Waals surface area contributed by atoms with E-state index in [0.717, 1.165) is 43.7 Å². The number of hydrogen-bond donors (Lipinski definition) is 3. The zero-order valence-corrected chi connectivity index (χ0v) is 18.9. The number of carbonyl (C=O) groups is 1.